The lowest BCUT2D eigenvalue weighted by Gasteiger charge is -2.25. The Morgan fingerprint density at radius 3 is 2.33 bits per heavy atom. The number of nitrogens with one attached hydrogen (secondary N) is 2. The summed E-state index contributed by atoms with van der Waals surface area (Å²) in [6.45, 7) is 1.55. The zero-order valence-electron chi connectivity index (χ0n) is 15.2. The third-order valence-electron chi connectivity index (χ3n) is 3.43. The predicted octanol–water partition coefficient (Wildman–Crippen LogP) is 0.748. The molecule has 0 aromatic heterocycles. The van der Waals surface area contributed by atoms with Gasteiger partial charge in [0, 0.05) is 25.2 Å². The molecule has 8 nitrogen and oxygen atoms in total. The SMILES string of the molecule is CNC(=O)C(C(=O)NO)N(C)C(=O)c1ccc(C#C/C=C/C=C(/C)O)cc1. The molecule has 0 heterocycles. The fourth-order valence-electron chi connectivity index (χ4n) is 2.05. The van der Waals surface area contributed by atoms with Crippen LogP contribution in [0, 0.1) is 11.8 Å². The van der Waals surface area contributed by atoms with Crippen molar-refractivity contribution in [3.63, 3.8) is 0 Å². The molecule has 1 atom stereocenters. The number of hydrogen-bond donors (Lipinski definition) is 4. The molecule has 0 spiro atoms. The maximum Gasteiger partial charge on any atom is 0.275 e. The Hall–Kier alpha value is -3.57. The summed E-state index contributed by atoms with van der Waals surface area (Å²) in [6, 6.07) is 4.76. The number of aliphatic hydroxyl groups is 1. The van der Waals surface area contributed by atoms with Gasteiger partial charge in [0.05, 0.1) is 5.76 Å². The van der Waals surface area contributed by atoms with E-state index in [0.717, 1.165) is 4.90 Å². The summed E-state index contributed by atoms with van der Waals surface area (Å²) >= 11 is 0. The number of hydroxylamine groups is 1. The molecule has 3 amide bonds. The Balaban J connectivity index is 2.94. The quantitative estimate of drug-likeness (QED) is 0.152. The highest BCUT2D eigenvalue weighted by Gasteiger charge is 2.33. The van der Waals surface area contributed by atoms with Gasteiger partial charge < -0.3 is 15.3 Å². The van der Waals surface area contributed by atoms with Crippen LogP contribution in [0.2, 0.25) is 0 Å². The first-order chi connectivity index (χ1) is 12.8. The molecule has 0 aliphatic heterocycles. The number of aliphatic hydroxyl groups excluding tert-OH is 1. The van der Waals surface area contributed by atoms with Crippen molar-refractivity contribution in [1.82, 2.24) is 15.7 Å². The van der Waals surface area contributed by atoms with E-state index in [1.807, 2.05) is 0 Å². The van der Waals surface area contributed by atoms with Gasteiger partial charge in [0.15, 0.2) is 6.04 Å². The first kappa shape index (κ1) is 21.5. The van der Waals surface area contributed by atoms with Crippen molar-refractivity contribution in [3.8, 4) is 11.8 Å². The highest BCUT2D eigenvalue weighted by atomic mass is 16.5. The molecule has 0 saturated heterocycles. The molecule has 8 heteroatoms. The van der Waals surface area contributed by atoms with E-state index in [4.69, 9.17) is 10.3 Å². The fourth-order valence-corrected chi connectivity index (χ4v) is 2.05. The molecule has 1 aromatic rings. The van der Waals surface area contributed by atoms with Gasteiger partial charge >= 0.3 is 0 Å². The largest absolute Gasteiger partial charge is 0.513 e. The Morgan fingerprint density at radius 2 is 1.81 bits per heavy atom. The van der Waals surface area contributed by atoms with E-state index in [0.29, 0.717) is 5.56 Å². The number of hydrogen-bond acceptors (Lipinski definition) is 5. The van der Waals surface area contributed by atoms with Crippen molar-refractivity contribution in [1.29, 1.82) is 0 Å². The molecular formula is C19H21N3O5. The highest BCUT2D eigenvalue weighted by Crippen LogP contribution is 2.09. The van der Waals surface area contributed by atoms with Crippen LogP contribution in [-0.2, 0) is 9.59 Å². The van der Waals surface area contributed by atoms with Crippen molar-refractivity contribution in [2.24, 2.45) is 0 Å². The third kappa shape index (κ3) is 6.34. The summed E-state index contributed by atoms with van der Waals surface area (Å²) in [4.78, 5) is 37.0. The number of rotatable bonds is 5. The van der Waals surface area contributed by atoms with Gasteiger partial charge in [0.2, 0.25) is 0 Å². The van der Waals surface area contributed by atoms with Crippen LogP contribution in [0.15, 0.2) is 48.3 Å². The van der Waals surface area contributed by atoms with Gasteiger partial charge in [-0.05, 0) is 43.3 Å². The maximum absolute atomic E-state index is 12.5. The van der Waals surface area contributed by atoms with Crippen LogP contribution in [-0.4, -0.2) is 53.1 Å². The number of likely N-dealkylation sites (N-methyl/N-ethyl adjacent to an activating group) is 2. The lowest BCUT2D eigenvalue weighted by atomic mass is 10.1. The van der Waals surface area contributed by atoms with Crippen LogP contribution < -0.4 is 10.8 Å². The Kier molecular flexibility index (Phi) is 8.29. The third-order valence-corrected chi connectivity index (χ3v) is 3.43. The summed E-state index contributed by atoms with van der Waals surface area (Å²) < 4.78 is 0. The summed E-state index contributed by atoms with van der Waals surface area (Å²) in [6.07, 6.45) is 4.66. The van der Waals surface area contributed by atoms with Crippen molar-refractivity contribution < 1.29 is 24.7 Å². The topological polar surface area (TPSA) is 119 Å². The predicted molar refractivity (Wildman–Crippen MR) is 98.7 cm³/mol. The van der Waals surface area contributed by atoms with Crippen LogP contribution >= 0.6 is 0 Å². The van der Waals surface area contributed by atoms with Crippen molar-refractivity contribution in [2.75, 3.05) is 14.1 Å². The second-order valence-electron chi connectivity index (χ2n) is 5.42. The van der Waals surface area contributed by atoms with E-state index < -0.39 is 23.8 Å². The molecule has 0 bridgehead atoms. The zero-order chi connectivity index (χ0) is 20.4. The highest BCUT2D eigenvalue weighted by molar-refractivity contribution is 6.08. The van der Waals surface area contributed by atoms with Crippen LogP contribution in [0.1, 0.15) is 22.8 Å². The van der Waals surface area contributed by atoms with Gasteiger partial charge in [0.1, 0.15) is 0 Å². The average Bonchev–Trinajstić information content (AvgIpc) is 2.67. The van der Waals surface area contributed by atoms with Gasteiger partial charge in [0.25, 0.3) is 17.7 Å². The van der Waals surface area contributed by atoms with Crippen LogP contribution in [0.4, 0.5) is 0 Å². The van der Waals surface area contributed by atoms with E-state index in [9.17, 15) is 14.4 Å². The van der Waals surface area contributed by atoms with E-state index in [1.54, 1.807) is 31.2 Å². The van der Waals surface area contributed by atoms with Crippen molar-refractivity contribution in [3.05, 3.63) is 59.4 Å². The van der Waals surface area contributed by atoms with Crippen LogP contribution in [0.3, 0.4) is 0 Å². The number of nitrogens with zero attached hydrogens (tertiary/aromatic N) is 1. The first-order valence-corrected chi connectivity index (χ1v) is 7.88. The average molecular weight is 371 g/mol. The second-order valence-corrected chi connectivity index (χ2v) is 5.42. The Bertz CT molecular complexity index is 796. The monoisotopic (exact) mass is 371 g/mol. The van der Waals surface area contributed by atoms with E-state index in [2.05, 4.69) is 17.2 Å². The molecular weight excluding hydrogens is 350 g/mol. The van der Waals surface area contributed by atoms with Gasteiger partial charge in [-0.1, -0.05) is 17.9 Å². The maximum atomic E-state index is 12.5. The van der Waals surface area contributed by atoms with Crippen molar-refractivity contribution >= 4 is 17.7 Å². The molecule has 0 aliphatic rings. The van der Waals surface area contributed by atoms with Gasteiger partial charge in [-0.2, -0.15) is 0 Å². The van der Waals surface area contributed by atoms with Crippen LogP contribution in [0.5, 0.6) is 0 Å². The molecule has 0 fully saturated rings. The summed E-state index contributed by atoms with van der Waals surface area (Å²) in [5, 5.41) is 20.0. The lowest BCUT2D eigenvalue weighted by Crippen LogP contribution is -2.54. The molecule has 1 rings (SSSR count). The smallest absolute Gasteiger partial charge is 0.275 e. The van der Waals surface area contributed by atoms with Crippen LogP contribution in [0.25, 0.3) is 0 Å². The zero-order valence-corrected chi connectivity index (χ0v) is 15.2. The lowest BCUT2D eigenvalue weighted by molar-refractivity contribution is -0.140. The normalized spacial score (nSPS) is 11.9. The Labute approximate surface area is 157 Å². The molecule has 4 N–H and O–H groups in total. The molecule has 1 unspecified atom stereocenters. The molecule has 0 saturated carbocycles. The molecule has 142 valence electrons. The van der Waals surface area contributed by atoms with Crippen molar-refractivity contribution in [2.45, 2.75) is 13.0 Å². The number of carbonyl (C=O) groups excluding carboxylic acids is 3. The number of allylic oxidation sites excluding steroid dienone is 4. The number of carbonyl (C=O) groups is 3. The Morgan fingerprint density at radius 1 is 1.19 bits per heavy atom. The van der Waals surface area contributed by atoms with E-state index in [-0.39, 0.29) is 11.3 Å². The van der Waals surface area contributed by atoms with Gasteiger partial charge in [-0.3, -0.25) is 19.6 Å². The summed E-state index contributed by atoms with van der Waals surface area (Å²) in [7, 11) is 2.60. The van der Waals surface area contributed by atoms with Gasteiger partial charge in [-0.25, -0.2) is 5.48 Å². The standard InChI is InChI=1S/C19H21N3O5/c1-13(23)7-5-4-6-8-14-9-11-15(12-10-14)19(26)22(3)16(17(24)20-2)18(25)21-27/h4-5,7,9-12,16,23,27H,1-3H3,(H,20,24)(H,21,25)/b5-4+,13-7-. The van der Waals surface area contributed by atoms with E-state index in [1.165, 1.54) is 37.8 Å². The summed E-state index contributed by atoms with van der Waals surface area (Å²) in [5.41, 5.74) is 2.28. The first-order valence-electron chi connectivity index (χ1n) is 7.88. The minimum atomic E-state index is -1.51. The summed E-state index contributed by atoms with van der Waals surface area (Å²) in [5.74, 6) is 3.47. The number of amides is 3. The second kappa shape index (κ2) is 10.4. The van der Waals surface area contributed by atoms with Gasteiger partial charge in [-0.15, -0.1) is 0 Å². The molecule has 0 aliphatic carbocycles. The molecule has 1 aromatic carbocycles. The minimum Gasteiger partial charge on any atom is -0.513 e. The fraction of sp³-hybridized carbons (Fsp3) is 0.211. The van der Waals surface area contributed by atoms with E-state index >= 15 is 0 Å². The molecule has 27 heavy (non-hydrogen) atoms. The number of benzene rings is 1. The molecule has 0 radical (unpaired) electrons. The minimum absolute atomic E-state index is 0.171.